The van der Waals surface area contributed by atoms with E-state index in [9.17, 15) is 4.39 Å². The van der Waals surface area contributed by atoms with Crippen molar-refractivity contribution in [1.29, 1.82) is 0 Å². The number of benzene rings is 3. The predicted octanol–water partition coefficient (Wildman–Crippen LogP) is 7.94. The summed E-state index contributed by atoms with van der Waals surface area (Å²) in [6.07, 6.45) is 9.02. The molecule has 0 atom stereocenters. The number of halogens is 2. The second kappa shape index (κ2) is 9.16. The molecule has 0 radical (unpaired) electrons. The zero-order chi connectivity index (χ0) is 21.1. The first-order valence-corrected chi connectivity index (χ1v) is 11.1. The molecule has 1 aliphatic rings. The van der Waals surface area contributed by atoms with Crippen LogP contribution in [0, 0.1) is 23.5 Å². The second-order valence-electron chi connectivity index (χ2n) is 8.67. The Morgan fingerprint density at radius 1 is 0.900 bits per heavy atom. The molecule has 30 heavy (non-hydrogen) atoms. The largest absolute Gasteiger partial charge is 0.494 e. The first-order valence-electron chi connectivity index (χ1n) is 11.1. The van der Waals surface area contributed by atoms with Crippen LogP contribution in [0.4, 0.5) is 8.78 Å². The highest BCUT2D eigenvalue weighted by atomic mass is 19.1. The second-order valence-corrected chi connectivity index (χ2v) is 8.67. The standard InChI is InChI=1S/C27H30F2O/c1-3-18-4-6-19(7-5-18)8-9-20-10-13-23-21(16-20)11-14-24(27(23)29)22-12-15-26(30-2)25(28)17-22/h10-19H,3-9H2,1-2H3/t18-,19-. The van der Waals surface area contributed by atoms with Crippen LogP contribution in [0.5, 0.6) is 5.75 Å². The maximum absolute atomic E-state index is 15.2. The topological polar surface area (TPSA) is 9.23 Å². The molecule has 1 saturated carbocycles. The van der Waals surface area contributed by atoms with Crippen LogP contribution in [0.3, 0.4) is 0 Å². The number of ether oxygens (including phenoxy) is 1. The molecule has 158 valence electrons. The number of fused-ring (bicyclic) bond motifs is 1. The van der Waals surface area contributed by atoms with Gasteiger partial charge in [-0.2, -0.15) is 0 Å². The van der Waals surface area contributed by atoms with E-state index in [2.05, 4.69) is 13.0 Å². The molecule has 1 nitrogen and oxygen atoms in total. The minimum Gasteiger partial charge on any atom is -0.494 e. The Bertz CT molecular complexity index is 1020. The van der Waals surface area contributed by atoms with Gasteiger partial charge in [0.25, 0.3) is 0 Å². The summed E-state index contributed by atoms with van der Waals surface area (Å²) in [5, 5.41) is 1.48. The van der Waals surface area contributed by atoms with Gasteiger partial charge in [-0.1, -0.05) is 75.4 Å². The number of aryl methyl sites for hydroxylation is 1. The van der Waals surface area contributed by atoms with E-state index in [4.69, 9.17) is 4.74 Å². The lowest BCUT2D eigenvalue weighted by Crippen LogP contribution is -2.14. The highest BCUT2D eigenvalue weighted by Crippen LogP contribution is 2.34. The van der Waals surface area contributed by atoms with E-state index in [-0.39, 0.29) is 11.6 Å². The quantitative estimate of drug-likeness (QED) is 0.402. The Balaban J connectivity index is 1.51. The van der Waals surface area contributed by atoms with Gasteiger partial charge in [-0.05, 0) is 53.3 Å². The van der Waals surface area contributed by atoms with Crippen molar-refractivity contribution >= 4 is 10.8 Å². The smallest absolute Gasteiger partial charge is 0.165 e. The first-order chi connectivity index (χ1) is 14.6. The van der Waals surface area contributed by atoms with Crippen LogP contribution in [0.2, 0.25) is 0 Å². The molecule has 3 aromatic carbocycles. The summed E-state index contributed by atoms with van der Waals surface area (Å²) >= 11 is 0. The minimum absolute atomic E-state index is 0.160. The molecule has 3 heteroatoms. The van der Waals surface area contributed by atoms with Crippen LogP contribution in [0.1, 0.15) is 51.0 Å². The number of methoxy groups -OCH3 is 1. The normalized spacial score (nSPS) is 19.2. The summed E-state index contributed by atoms with van der Waals surface area (Å²) < 4.78 is 34.2. The molecule has 0 aliphatic heterocycles. The van der Waals surface area contributed by atoms with Crippen LogP contribution in [-0.4, -0.2) is 7.11 Å². The summed E-state index contributed by atoms with van der Waals surface area (Å²) in [5.41, 5.74) is 2.19. The molecule has 3 aromatic rings. The lowest BCUT2D eigenvalue weighted by atomic mass is 9.78. The summed E-state index contributed by atoms with van der Waals surface area (Å²) in [7, 11) is 1.42. The van der Waals surface area contributed by atoms with Crippen molar-refractivity contribution in [1.82, 2.24) is 0 Å². The van der Waals surface area contributed by atoms with Gasteiger partial charge in [0.15, 0.2) is 11.6 Å². The molecule has 1 fully saturated rings. The highest BCUT2D eigenvalue weighted by Gasteiger charge is 2.20. The van der Waals surface area contributed by atoms with Crippen LogP contribution < -0.4 is 4.74 Å². The van der Waals surface area contributed by atoms with Crippen molar-refractivity contribution in [2.45, 2.75) is 51.9 Å². The third-order valence-electron chi connectivity index (χ3n) is 6.87. The van der Waals surface area contributed by atoms with Gasteiger partial charge in [0.1, 0.15) is 5.82 Å². The first kappa shape index (κ1) is 20.8. The maximum atomic E-state index is 15.2. The molecule has 4 rings (SSSR count). The van der Waals surface area contributed by atoms with Crippen molar-refractivity contribution in [2.75, 3.05) is 7.11 Å². The highest BCUT2D eigenvalue weighted by molar-refractivity contribution is 5.88. The van der Waals surface area contributed by atoms with Gasteiger partial charge in [-0.15, -0.1) is 0 Å². The van der Waals surface area contributed by atoms with E-state index in [1.165, 1.54) is 63.3 Å². The van der Waals surface area contributed by atoms with Gasteiger partial charge in [-0.25, -0.2) is 8.78 Å². The average Bonchev–Trinajstić information content (AvgIpc) is 2.78. The Morgan fingerprint density at radius 3 is 2.37 bits per heavy atom. The fraction of sp³-hybridized carbons (Fsp3) is 0.407. The average molecular weight is 409 g/mol. The molecule has 0 aromatic heterocycles. The third kappa shape index (κ3) is 4.35. The molecular formula is C27H30F2O. The summed E-state index contributed by atoms with van der Waals surface area (Å²) in [4.78, 5) is 0. The molecule has 0 spiro atoms. The zero-order valence-corrected chi connectivity index (χ0v) is 17.9. The van der Waals surface area contributed by atoms with Gasteiger partial charge in [0.2, 0.25) is 0 Å². The molecule has 0 unspecified atom stereocenters. The van der Waals surface area contributed by atoms with E-state index < -0.39 is 5.82 Å². The Morgan fingerprint density at radius 2 is 1.67 bits per heavy atom. The molecular weight excluding hydrogens is 378 g/mol. The summed E-state index contributed by atoms with van der Waals surface area (Å²) in [6, 6.07) is 14.2. The van der Waals surface area contributed by atoms with Crippen molar-refractivity contribution in [3.05, 3.63) is 65.7 Å². The van der Waals surface area contributed by atoms with E-state index in [0.717, 1.165) is 23.6 Å². The number of rotatable bonds is 6. The van der Waals surface area contributed by atoms with Gasteiger partial charge in [-0.3, -0.25) is 0 Å². The summed E-state index contributed by atoms with van der Waals surface area (Å²) in [5.74, 6) is 1.12. The monoisotopic (exact) mass is 408 g/mol. The van der Waals surface area contributed by atoms with Gasteiger partial charge >= 0.3 is 0 Å². The third-order valence-corrected chi connectivity index (χ3v) is 6.87. The van der Waals surface area contributed by atoms with Gasteiger partial charge in [0.05, 0.1) is 7.11 Å². The molecule has 0 N–H and O–H groups in total. The number of hydrogen-bond donors (Lipinski definition) is 0. The molecule has 0 heterocycles. The summed E-state index contributed by atoms with van der Waals surface area (Å²) in [6.45, 7) is 2.30. The van der Waals surface area contributed by atoms with Crippen molar-refractivity contribution in [3.63, 3.8) is 0 Å². The van der Waals surface area contributed by atoms with Crippen LogP contribution >= 0.6 is 0 Å². The fourth-order valence-corrected chi connectivity index (χ4v) is 4.85. The van der Waals surface area contributed by atoms with Crippen LogP contribution in [-0.2, 0) is 6.42 Å². The zero-order valence-electron chi connectivity index (χ0n) is 17.9. The van der Waals surface area contributed by atoms with Gasteiger partial charge in [0, 0.05) is 10.9 Å². The lowest BCUT2D eigenvalue weighted by molar-refractivity contribution is 0.259. The molecule has 0 amide bonds. The Kier molecular flexibility index (Phi) is 6.36. The van der Waals surface area contributed by atoms with E-state index in [0.29, 0.717) is 16.5 Å². The van der Waals surface area contributed by atoms with Gasteiger partial charge < -0.3 is 4.74 Å². The molecule has 1 aliphatic carbocycles. The Labute approximate surface area is 178 Å². The van der Waals surface area contributed by atoms with E-state index >= 15 is 4.39 Å². The SMILES string of the molecule is CC[C@H]1CC[C@H](CCc2ccc3c(F)c(-c4ccc(OC)c(F)c4)ccc3c2)CC1. The Hall–Kier alpha value is -2.42. The lowest BCUT2D eigenvalue weighted by Gasteiger charge is -2.27. The van der Waals surface area contributed by atoms with Crippen LogP contribution in [0.15, 0.2) is 48.5 Å². The van der Waals surface area contributed by atoms with Crippen molar-refractivity contribution < 1.29 is 13.5 Å². The molecule has 0 saturated heterocycles. The van der Waals surface area contributed by atoms with Crippen LogP contribution in [0.25, 0.3) is 21.9 Å². The fourth-order valence-electron chi connectivity index (χ4n) is 4.85. The van der Waals surface area contributed by atoms with E-state index in [1.54, 1.807) is 12.1 Å². The van der Waals surface area contributed by atoms with Crippen molar-refractivity contribution in [3.8, 4) is 16.9 Å². The van der Waals surface area contributed by atoms with Crippen molar-refractivity contribution in [2.24, 2.45) is 11.8 Å². The van der Waals surface area contributed by atoms with E-state index in [1.807, 2.05) is 18.2 Å². The maximum Gasteiger partial charge on any atom is 0.165 e. The molecule has 0 bridgehead atoms. The predicted molar refractivity (Wildman–Crippen MR) is 120 cm³/mol. The minimum atomic E-state index is -0.488. The number of hydrogen-bond acceptors (Lipinski definition) is 1.